The maximum atomic E-state index is 12.3. The van der Waals surface area contributed by atoms with Gasteiger partial charge in [0.25, 0.3) is 5.91 Å². The molecule has 0 radical (unpaired) electrons. The maximum Gasteiger partial charge on any atom is 0.273 e. The molecule has 24 heavy (non-hydrogen) atoms. The zero-order valence-electron chi connectivity index (χ0n) is 13.6. The lowest BCUT2D eigenvalue weighted by Gasteiger charge is -2.23. The molecule has 3 rings (SSSR count). The topological polar surface area (TPSA) is 29.5 Å². The van der Waals surface area contributed by atoms with E-state index in [-0.39, 0.29) is 11.9 Å². The van der Waals surface area contributed by atoms with E-state index in [2.05, 4.69) is 18.7 Å². The number of rotatable bonds is 7. The van der Waals surface area contributed by atoms with Gasteiger partial charge in [-0.1, -0.05) is 67.2 Å². The Hall–Kier alpha value is -2.04. The van der Waals surface area contributed by atoms with Gasteiger partial charge in [0.1, 0.15) is 6.61 Å². The summed E-state index contributed by atoms with van der Waals surface area (Å²) in [7, 11) is 0. The number of nitrogens with zero attached hydrogens (tertiary/aromatic N) is 1. The molecule has 1 saturated heterocycles. The lowest BCUT2D eigenvalue weighted by molar-refractivity contribution is -0.190. The van der Waals surface area contributed by atoms with Crippen molar-refractivity contribution in [1.29, 1.82) is 0 Å². The first kappa shape index (κ1) is 16.8. The molecule has 1 unspecified atom stereocenters. The Bertz CT molecular complexity index is 687. The molecule has 0 saturated carbocycles. The van der Waals surface area contributed by atoms with Gasteiger partial charge in [0, 0.05) is 23.5 Å². The zero-order chi connectivity index (χ0) is 16.8. The van der Waals surface area contributed by atoms with Crippen LogP contribution in [0.2, 0.25) is 0 Å². The predicted octanol–water partition coefficient (Wildman–Crippen LogP) is 4.21. The predicted molar refractivity (Wildman–Crippen MR) is 98.2 cm³/mol. The highest BCUT2D eigenvalue weighted by Gasteiger charge is 2.35. The number of thioether (sulfide) groups is 1. The third-order valence-corrected chi connectivity index (χ3v) is 5.11. The van der Waals surface area contributed by atoms with E-state index in [1.807, 2.05) is 60.3 Å². The van der Waals surface area contributed by atoms with Crippen molar-refractivity contribution in [3.05, 3.63) is 83.9 Å². The number of hydroxylamine groups is 2. The first-order valence-corrected chi connectivity index (χ1v) is 9.19. The first-order chi connectivity index (χ1) is 11.7. The summed E-state index contributed by atoms with van der Waals surface area (Å²) in [5.74, 6) is 1.69. The van der Waals surface area contributed by atoms with Gasteiger partial charge < -0.3 is 0 Å². The van der Waals surface area contributed by atoms with Crippen molar-refractivity contribution in [3.8, 4) is 0 Å². The van der Waals surface area contributed by atoms with Gasteiger partial charge in [-0.2, -0.15) is 11.8 Å². The fraction of sp³-hybridized carbons (Fsp3) is 0.250. The van der Waals surface area contributed by atoms with Crippen LogP contribution in [0.25, 0.3) is 0 Å². The largest absolute Gasteiger partial charge is 0.273 e. The molecule has 1 fully saturated rings. The monoisotopic (exact) mass is 339 g/mol. The molecule has 2 aromatic rings. The van der Waals surface area contributed by atoms with E-state index < -0.39 is 0 Å². The normalized spacial score (nSPS) is 17.5. The molecule has 1 heterocycles. The summed E-state index contributed by atoms with van der Waals surface area (Å²) in [6.45, 7) is 4.28. The SMILES string of the molecule is C=C1CC(CSCc2ccccc2)N(OCc2ccccc2)C1=O. The van der Waals surface area contributed by atoms with E-state index in [4.69, 9.17) is 4.84 Å². The van der Waals surface area contributed by atoms with Crippen LogP contribution in [0, 0.1) is 0 Å². The van der Waals surface area contributed by atoms with Crippen LogP contribution in [0.5, 0.6) is 0 Å². The van der Waals surface area contributed by atoms with E-state index in [1.54, 1.807) is 0 Å². The second kappa shape index (κ2) is 8.18. The molecule has 4 heteroatoms. The van der Waals surface area contributed by atoms with Crippen LogP contribution in [0.15, 0.2) is 72.8 Å². The second-order valence-electron chi connectivity index (χ2n) is 5.85. The highest BCUT2D eigenvalue weighted by atomic mass is 32.2. The summed E-state index contributed by atoms with van der Waals surface area (Å²) < 4.78 is 0. The van der Waals surface area contributed by atoms with Crippen LogP contribution < -0.4 is 0 Å². The molecule has 0 aliphatic carbocycles. The molecule has 0 bridgehead atoms. The Morgan fingerprint density at radius 3 is 2.33 bits per heavy atom. The third kappa shape index (κ3) is 4.28. The van der Waals surface area contributed by atoms with Gasteiger partial charge in [0.05, 0.1) is 6.04 Å². The standard InChI is InChI=1S/C20H21NO2S/c1-16-12-19(15-24-14-18-10-6-3-7-11-18)21(20(16)22)23-13-17-8-4-2-5-9-17/h2-11,19H,1,12-15H2. The first-order valence-electron chi connectivity index (χ1n) is 8.04. The fourth-order valence-electron chi connectivity index (χ4n) is 2.67. The summed E-state index contributed by atoms with van der Waals surface area (Å²) in [5, 5.41) is 1.52. The summed E-state index contributed by atoms with van der Waals surface area (Å²) in [6.07, 6.45) is 0.676. The molecule has 2 aromatic carbocycles. The molecule has 1 atom stereocenters. The molecule has 0 spiro atoms. The van der Waals surface area contributed by atoms with Crippen LogP contribution in [-0.4, -0.2) is 22.8 Å². The second-order valence-corrected chi connectivity index (χ2v) is 6.88. The highest BCUT2D eigenvalue weighted by molar-refractivity contribution is 7.98. The van der Waals surface area contributed by atoms with Crippen molar-refractivity contribution in [2.75, 3.05) is 5.75 Å². The van der Waals surface area contributed by atoms with Crippen molar-refractivity contribution in [2.45, 2.75) is 24.8 Å². The molecule has 3 nitrogen and oxygen atoms in total. The summed E-state index contributed by atoms with van der Waals surface area (Å²) in [4.78, 5) is 18.1. The minimum atomic E-state index is -0.0868. The van der Waals surface area contributed by atoms with Crippen LogP contribution in [-0.2, 0) is 22.0 Å². The number of amides is 1. The number of carbonyl (C=O) groups is 1. The lowest BCUT2D eigenvalue weighted by atomic mass is 10.2. The number of hydrogen-bond donors (Lipinski definition) is 0. The quantitative estimate of drug-likeness (QED) is 0.708. The summed E-state index contributed by atoms with van der Waals surface area (Å²) in [5.41, 5.74) is 2.98. The number of benzene rings is 2. The molecular weight excluding hydrogens is 318 g/mol. The Morgan fingerprint density at radius 1 is 1.04 bits per heavy atom. The van der Waals surface area contributed by atoms with E-state index in [0.29, 0.717) is 18.6 Å². The van der Waals surface area contributed by atoms with E-state index in [1.165, 1.54) is 10.6 Å². The van der Waals surface area contributed by atoms with Gasteiger partial charge in [0.15, 0.2) is 0 Å². The van der Waals surface area contributed by atoms with Crippen molar-refractivity contribution < 1.29 is 9.63 Å². The van der Waals surface area contributed by atoms with Gasteiger partial charge in [0.2, 0.25) is 0 Å². The molecule has 0 aromatic heterocycles. The van der Waals surface area contributed by atoms with E-state index in [9.17, 15) is 4.79 Å². The average molecular weight is 339 g/mol. The molecule has 1 aliphatic heterocycles. The van der Waals surface area contributed by atoms with Crippen LogP contribution in [0.4, 0.5) is 0 Å². The smallest absolute Gasteiger partial charge is 0.267 e. The maximum absolute atomic E-state index is 12.3. The summed E-state index contributed by atoms with van der Waals surface area (Å²) in [6, 6.07) is 20.3. The minimum Gasteiger partial charge on any atom is -0.267 e. The Labute approximate surface area is 147 Å². The number of carbonyl (C=O) groups excluding carboxylic acids is 1. The van der Waals surface area contributed by atoms with Gasteiger partial charge in [-0.25, -0.2) is 5.06 Å². The lowest BCUT2D eigenvalue weighted by Crippen LogP contribution is -2.34. The summed E-state index contributed by atoms with van der Waals surface area (Å²) >= 11 is 1.82. The van der Waals surface area contributed by atoms with Gasteiger partial charge in [-0.05, 0) is 11.1 Å². The van der Waals surface area contributed by atoms with Gasteiger partial charge in [-0.3, -0.25) is 9.63 Å². The van der Waals surface area contributed by atoms with Crippen LogP contribution in [0.1, 0.15) is 17.5 Å². The van der Waals surface area contributed by atoms with Crippen molar-refractivity contribution in [1.82, 2.24) is 5.06 Å². The average Bonchev–Trinajstić information content (AvgIpc) is 2.89. The third-order valence-electron chi connectivity index (χ3n) is 3.95. The number of hydrogen-bond acceptors (Lipinski definition) is 3. The molecule has 124 valence electrons. The Morgan fingerprint density at radius 2 is 1.67 bits per heavy atom. The van der Waals surface area contributed by atoms with Crippen molar-refractivity contribution in [2.24, 2.45) is 0 Å². The molecule has 1 aliphatic rings. The highest BCUT2D eigenvalue weighted by Crippen LogP contribution is 2.27. The van der Waals surface area contributed by atoms with E-state index >= 15 is 0 Å². The van der Waals surface area contributed by atoms with Gasteiger partial charge in [-0.15, -0.1) is 0 Å². The zero-order valence-corrected chi connectivity index (χ0v) is 14.4. The van der Waals surface area contributed by atoms with Crippen LogP contribution >= 0.6 is 11.8 Å². The van der Waals surface area contributed by atoms with E-state index in [0.717, 1.165) is 17.1 Å². The fourth-order valence-corrected chi connectivity index (χ4v) is 3.74. The van der Waals surface area contributed by atoms with Crippen molar-refractivity contribution in [3.63, 3.8) is 0 Å². The van der Waals surface area contributed by atoms with Crippen LogP contribution in [0.3, 0.4) is 0 Å². The van der Waals surface area contributed by atoms with Crippen molar-refractivity contribution >= 4 is 17.7 Å². The van der Waals surface area contributed by atoms with Gasteiger partial charge >= 0.3 is 0 Å². The molecule has 1 amide bonds. The molecular formula is C20H21NO2S. The Kier molecular flexibility index (Phi) is 5.72. The molecule has 0 N–H and O–H groups in total. The Balaban J connectivity index is 1.54. The minimum absolute atomic E-state index is 0.0578.